The molecule has 0 bridgehead atoms. The zero-order valence-electron chi connectivity index (χ0n) is 6.71. The zero-order valence-corrected chi connectivity index (χ0v) is 7.47. The molecule has 0 amide bonds. The van der Waals surface area contributed by atoms with Gasteiger partial charge in [-0.1, -0.05) is 29.7 Å². The van der Waals surface area contributed by atoms with Gasteiger partial charge in [-0.2, -0.15) is 0 Å². The fraction of sp³-hybridized carbons (Fsp3) is 0.200. The van der Waals surface area contributed by atoms with E-state index in [1.54, 1.807) is 31.2 Å². The fourth-order valence-electron chi connectivity index (χ4n) is 0.858. The molecular weight excluding hydrogens is 172 g/mol. The highest BCUT2D eigenvalue weighted by Crippen LogP contribution is 2.20. The minimum absolute atomic E-state index is 0.631. The second-order valence-corrected chi connectivity index (χ2v) is 3.16. The standard InChI is InChI=1S/C10H9ClO/c1-3-10(2,12)8-4-6-9(11)7-5-8/h1,4-7,12H,2H3. The van der Waals surface area contributed by atoms with Crippen LogP contribution in [0.5, 0.6) is 0 Å². The highest BCUT2D eigenvalue weighted by molar-refractivity contribution is 6.30. The minimum atomic E-state index is -1.20. The highest BCUT2D eigenvalue weighted by Gasteiger charge is 2.18. The first-order valence-electron chi connectivity index (χ1n) is 3.52. The third kappa shape index (κ3) is 1.79. The van der Waals surface area contributed by atoms with Gasteiger partial charge in [-0.3, -0.25) is 0 Å². The molecule has 0 heterocycles. The summed E-state index contributed by atoms with van der Waals surface area (Å²) in [6.45, 7) is 1.57. The van der Waals surface area contributed by atoms with Crippen LogP contribution in [-0.2, 0) is 5.60 Å². The van der Waals surface area contributed by atoms with Crippen molar-refractivity contribution in [1.29, 1.82) is 0 Å². The van der Waals surface area contributed by atoms with Gasteiger partial charge < -0.3 is 5.11 Å². The lowest BCUT2D eigenvalue weighted by atomic mass is 9.97. The van der Waals surface area contributed by atoms with E-state index in [2.05, 4.69) is 5.92 Å². The van der Waals surface area contributed by atoms with Crippen molar-refractivity contribution in [3.63, 3.8) is 0 Å². The summed E-state index contributed by atoms with van der Waals surface area (Å²) in [6, 6.07) is 6.82. The molecule has 0 aromatic heterocycles. The molecule has 0 fully saturated rings. The summed E-state index contributed by atoms with van der Waals surface area (Å²) in [5.41, 5.74) is -0.528. The summed E-state index contributed by atoms with van der Waals surface area (Å²) in [5.74, 6) is 2.29. The molecule has 1 rings (SSSR count). The largest absolute Gasteiger partial charge is 0.374 e. The zero-order chi connectivity index (χ0) is 9.19. The van der Waals surface area contributed by atoms with Crippen LogP contribution in [-0.4, -0.2) is 5.11 Å². The van der Waals surface area contributed by atoms with Gasteiger partial charge >= 0.3 is 0 Å². The van der Waals surface area contributed by atoms with E-state index in [1.807, 2.05) is 0 Å². The third-order valence-corrected chi connectivity index (χ3v) is 1.94. The Bertz CT molecular complexity index is 306. The van der Waals surface area contributed by atoms with Crippen LogP contribution in [0.15, 0.2) is 24.3 Å². The van der Waals surface area contributed by atoms with Crippen molar-refractivity contribution in [3.8, 4) is 12.3 Å². The van der Waals surface area contributed by atoms with Crippen LogP contribution in [0, 0.1) is 12.3 Å². The van der Waals surface area contributed by atoms with Crippen molar-refractivity contribution in [1.82, 2.24) is 0 Å². The van der Waals surface area contributed by atoms with Crippen molar-refractivity contribution in [3.05, 3.63) is 34.9 Å². The Hall–Kier alpha value is -0.970. The maximum absolute atomic E-state index is 9.61. The van der Waals surface area contributed by atoms with Gasteiger partial charge in [0, 0.05) is 5.02 Å². The van der Waals surface area contributed by atoms with Gasteiger partial charge in [0.25, 0.3) is 0 Å². The molecule has 1 N–H and O–H groups in total. The SMILES string of the molecule is C#CC(C)(O)c1ccc(Cl)cc1. The second-order valence-electron chi connectivity index (χ2n) is 2.72. The minimum Gasteiger partial charge on any atom is -0.374 e. The van der Waals surface area contributed by atoms with Crippen LogP contribution >= 0.6 is 11.6 Å². The van der Waals surface area contributed by atoms with E-state index in [0.29, 0.717) is 10.6 Å². The first kappa shape index (κ1) is 9.12. The van der Waals surface area contributed by atoms with Gasteiger partial charge in [0.05, 0.1) is 0 Å². The molecule has 0 spiro atoms. The summed E-state index contributed by atoms with van der Waals surface area (Å²) in [4.78, 5) is 0. The average molecular weight is 181 g/mol. The summed E-state index contributed by atoms with van der Waals surface area (Å²) >= 11 is 5.67. The summed E-state index contributed by atoms with van der Waals surface area (Å²) in [5, 5.41) is 10.2. The van der Waals surface area contributed by atoms with E-state index in [4.69, 9.17) is 18.0 Å². The molecule has 1 aromatic rings. The van der Waals surface area contributed by atoms with Gasteiger partial charge in [-0.15, -0.1) is 6.42 Å². The number of hydrogen-bond acceptors (Lipinski definition) is 1. The van der Waals surface area contributed by atoms with E-state index in [0.717, 1.165) is 0 Å². The first-order valence-corrected chi connectivity index (χ1v) is 3.90. The number of benzene rings is 1. The molecule has 0 radical (unpaired) electrons. The molecule has 12 heavy (non-hydrogen) atoms. The number of hydrogen-bond donors (Lipinski definition) is 1. The fourth-order valence-corrected chi connectivity index (χ4v) is 0.984. The predicted octanol–water partition coefficient (Wildman–Crippen LogP) is 2.18. The molecule has 1 aromatic carbocycles. The van der Waals surface area contributed by atoms with Gasteiger partial charge in [0.15, 0.2) is 0 Å². The maximum Gasteiger partial charge on any atom is 0.147 e. The van der Waals surface area contributed by atoms with E-state index in [-0.39, 0.29) is 0 Å². The second kappa shape index (κ2) is 3.18. The quantitative estimate of drug-likeness (QED) is 0.657. The van der Waals surface area contributed by atoms with Gasteiger partial charge in [-0.05, 0) is 24.6 Å². The van der Waals surface area contributed by atoms with Gasteiger partial charge in [-0.25, -0.2) is 0 Å². The van der Waals surface area contributed by atoms with E-state index < -0.39 is 5.60 Å². The Morgan fingerprint density at radius 1 is 1.42 bits per heavy atom. The molecule has 2 heteroatoms. The normalized spacial score (nSPS) is 14.8. The van der Waals surface area contributed by atoms with Crippen LogP contribution in [0.3, 0.4) is 0 Å². The van der Waals surface area contributed by atoms with Crippen LogP contribution < -0.4 is 0 Å². The smallest absolute Gasteiger partial charge is 0.147 e. The van der Waals surface area contributed by atoms with Crippen molar-refractivity contribution in [2.24, 2.45) is 0 Å². The summed E-state index contributed by atoms with van der Waals surface area (Å²) in [6.07, 6.45) is 5.14. The Labute approximate surface area is 77.0 Å². The molecule has 0 aliphatic carbocycles. The monoisotopic (exact) mass is 180 g/mol. The Kier molecular flexibility index (Phi) is 2.42. The summed E-state index contributed by atoms with van der Waals surface area (Å²) in [7, 11) is 0. The van der Waals surface area contributed by atoms with Crippen molar-refractivity contribution in [2.75, 3.05) is 0 Å². The molecule has 0 aliphatic rings. The highest BCUT2D eigenvalue weighted by atomic mass is 35.5. The third-order valence-electron chi connectivity index (χ3n) is 1.69. The van der Waals surface area contributed by atoms with Gasteiger partial charge in [0.2, 0.25) is 0 Å². The van der Waals surface area contributed by atoms with Crippen LogP contribution in [0.25, 0.3) is 0 Å². The maximum atomic E-state index is 9.61. The Morgan fingerprint density at radius 2 is 1.92 bits per heavy atom. The van der Waals surface area contributed by atoms with Crippen molar-refractivity contribution in [2.45, 2.75) is 12.5 Å². The number of rotatable bonds is 1. The van der Waals surface area contributed by atoms with E-state index in [9.17, 15) is 5.11 Å². The summed E-state index contributed by atoms with van der Waals surface area (Å²) < 4.78 is 0. The van der Waals surface area contributed by atoms with Crippen molar-refractivity contribution >= 4 is 11.6 Å². The Morgan fingerprint density at radius 3 is 2.33 bits per heavy atom. The van der Waals surface area contributed by atoms with E-state index in [1.165, 1.54) is 0 Å². The van der Waals surface area contributed by atoms with Gasteiger partial charge in [0.1, 0.15) is 5.60 Å². The molecule has 0 saturated carbocycles. The first-order chi connectivity index (χ1) is 5.56. The molecule has 0 saturated heterocycles. The number of halogens is 1. The van der Waals surface area contributed by atoms with E-state index >= 15 is 0 Å². The molecule has 0 aliphatic heterocycles. The number of aliphatic hydroxyl groups is 1. The van der Waals surface area contributed by atoms with Crippen LogP contribution in [0.4, 0.5) is 0 Å². The predicted molar refractivity (Wildman–Crippen MR) is 49.9 cm³/mol. The molecular formula is C10H9ClO. The Balaban J connectivity index is 3.07. The molecule has 62 valence electrons. The van der Waals surface area contributed by atoms with Crippen LogP contribution in [0.1, 0.15) is 12.5 Å². The lowest BCUT2D eigenvalue weighted by molar-refractivity contribution is 0.122. The molecule has 1 nitrogen and oxygen atoms in total. The molecule has 1 atom stereocenters. The lowest BCUT2D eigenvalue weighted by Crippen LogP contribution is -2.17. The van der Waals surface area contributed by atoms with Crippen LogP contribution in [0.2, 0.25) is 5.02 Å². The topological polar surface area (TPSA) is 20.2 Å². The lowest BCUT2D eigenvalue weighted by Gasteiger charge is -2.16. The molecule has 1 unspecified atom stereocenters. The average Bonchev–Trinajstić information content (AvgIpc) is 2.05. The number of terminal acetylenes is 1. The van der Waals surface area contributed by atoms with Crippen molar-refractivity contribution < 1.29 is 5.11 Å².